The molecule has 2 N–H and O–H groups in total. The quantitative estimate of drug-likeness (QED) is 0.888. The lowest BCUT2D eigenvalue weighted by molar-refractivity contribution is 0.0784. The molecule has 1 unspecified atom stereocenters. The summed E-state index contributed by atoms with van der Waals surface area (Å²) in [7, 11) is 0. The van der Waals surface area contributed by atoms with Gasteiger partial charge in [-0.1, -0.05) is 11.3 Å². The van der Waals surface area contributed by atoms with Gasteiger partial charge in [0, 0.05) is 19.1 Å². The Morgan fingerprint density at radius 1 is 1.37 bits per heavy atom. The van der Waals surface area contributed by atoms with E-state index in [4.69, 9.17) is 5.73 Å². The van der Waals surface area contributed by atoms with Crippen LogP contribution in [0.2, 0.25) is 0 Å². The van der Waals surface area contributed by atoms with Crippen LogP contribution in [0, 0.1) is 6.92 Å². The highest BCUT2D eigenvalue weighted by atomic mass is 32.1. The van der Waals surface area contributed by atoms with Crippen molar-refractivity contribution >= 4 is 22.4 Å². The molecule has 1 aromatic rings. The number of hydrogen-bond acceptors (Lipinski definition) is 5. The molecule has 19 heavy (non-hydrogen) atoms. The van der Waals surface area contributed by atoms with Crippen LogP contribution in [0.4, 0.5) is 5.13 Å². The first-order valence-electron chi connectivity index (χ1n) is 6.91. The van der Waals surface area contributed by atoms with Gasteiger partial charge >= 0.3 is 0 Å². The Bertz CT molecular complexity index is 481. The minimum atomic E-state index is 0.105. The molecular weight excluding hydrogens is 260 g/mol. The maximum absolute atomic E-state index is 12.5. The van der Waals surface area contributed by atoms with Gasteiger partial charge in [0.15, 0.2) is 5.13 Å². The maximum atomic E-state index is 12.5. The second-order valence-electron chi connectivity index (χ2n) is 5.40. The molecule has 1 aromatic heterocycles. The van der Waals surface area contributed by atoms with Gasteiger partial charge in [0.1, 0.15) is 4.88 Å². The van der Waals surface area contributed by atoms with E-state index < -0.39 is 0 Å². The smallest absolute Gasteiger partial charge is 0.265 e. The number of nitrogen functional groups attached to an aromatic ring is 1. The predicted molar refractivity (Wildman–Crippen MR) is 76.4 cm³/mol. The Morgan fingerprint density at radius 2 is 2.11 bits per heavy atom. The van der Waals surface area contributed by atoms with Crippen molar-refractivity contribution in [2.75, 3.05) is 31.9 Å². The molecule has 2 aliphatic rings. The molecule has 1 amide bonds. The molecule has 0 aromatic carbocycles. The number of likely N-dealkylation sites (tertiary alicyclic amines) is 2. The number of aryl methyl sites for hydroxylation is 1. The van der Waals surface area contributed by atoms with E-state index in [0.717, 1.165) is 25.2 Å². The number of nitrogens with zero attached hydrogens (tertiary/aromatic N) is 3. The van der Waals surface area contributed by atoms with E-state index in [1.54, 1.807) is 0 Å². The number of nitrogens with two attached hydrogens (primary N) is 1. The van der Waals surface area contributed by atoms with Crippen molar-refractivity contribution in [2.24, 2.45) is 0 Å². The first-order chi connectivity index (χ1) is 9.15. The third-order valence-electron chi connectivity index (χ3n) is 4.12. The Balaban J connectivity index is 1.67. The molecule has 6 heteroatoms. The zero-order valence-corrected chi connectivity index (χ0v) is 12.1. The Hall–Kier alpha value is -1.14. The largest absolute Gasteiger partial charge is 0.375 e. The molecule has 0 bridgehead atoms. The molecule has 5 nitrogen and oxygen atoms in total. The molecule has 2 saturated heterocycles. The van der Waals surface area contributed by atoms with Gasteiger partial charge in [-0.25, -0.2) is 4.98 Å². The molecule has 0 saturated carbocycles. The summed E-state index contributed by atoms with van der Waals surface area (Å²) in [6.45, 7) is 5.96. The van der Waals surface area contributed by atoms with Crippen molar-refractivity contribution in [3.05, 3.63) is 10.6 Å². The summed E-state index contributed by atoms with van der Waals surface area (Å²) in [4.78, 5) is 21.8. The molecule has 3 heterocycles. The van der Waals surface area contributed by atoms with E-state index in [0.29, 0.717) is 16.1 Å². The van der Waals surface area contributed by atoms with Gasteiger partial charge in [0.25, 0.3) is 5.91 Å². The van der Waals surface area contributed by atoms with Crippen LogP contribution >= 0.6 is 11.3 Å². The predicted octanol–water partition coefficient (Wildman–Crippen LogP) is 1.34. The molecule has 2 aliphatic heterocycles. The van der Waals surface area contributed by atoms with E-state index in [2.05, 4.69) is 9.88 Å². The zero-order valence-electron chi connectivity index (χ0n) is 11.3. The Kier molecular flexibility index (Phi) is 3.45. The van der Waals surface area contributed by atoms with E-state index in [1.165, 1.54) is 37.3 Å². The van der Waals surface area contributed by atoms with Crippen molar-refractivity contribution in [1.29, 1.82) is 0 Å². The minimum absolute atomic E-state index is 0.105. The number of amides is 1. The van der Waals surface area contributed by atoms with E-state index in [-0.39, 0.29) is 5.91 Å². The highest BCUT2D eigenvalue weighted by molar-refractivity contribution is 7.17. The van der Waals surface area contributed by atoms with Crippen molar-refractivity contribution in [3.63, 3.8) is 0 Å². The molecule has 104 valence electrons. The van der Waals surface area contributed by atoms with Crippen LogP contribution in [0.15, 0.2) is 0 Å². The van der Waals surface area contributed by atoms with Crippen LogP contribution in [-0.2, 0) is 0 Å². The minimum Gasteiger partial charge on any atom is -0.375 e. The summed E-state index contributed by atoms with van der Waals surface area (Å²) in [6, 6.07) is 0.553. The number of carbonyl (C=O) groups excluding carboxylic acids is 1. The fourth-order valence-corrected chi connectivity index (χ4v) is 3.89. The van der Waals surface area contributed by atoms with Crippen molar-refractivity contribution in [1.82, 2.24) is 14.8 Å². The topological polar surface area (TPSA) is 62.5 Å². The highest BCUT2D eigenvalue weighted by Crippen LogP contribution is 2.25. The van der Waals surface area contributed by atoms with Gasteiger partial charge in [-0.2, -0.15) is 0 Å². The van der Waals surface area contributed by atoms with Gasteiger partial charge in [-0.3, -0.25) is 9.69 Å². The molecule has 0 radical (unpaired) electrons. The molecule has 2 fully saturated rings. The summed E-state index contributed by atoms with van der Waals surface area (Å²) >= 11 is 1.30. The fourth-order valence-electron chi connectivity index (χ4n) is 3.09. The van der Waals surface area contributed by atoms with Crippen LogP contribution < -0.4 is 5.73 Å². The second kappa shape index (κ2) is 5.09. The molecular formula is C13H20N4OS. The summed E-state index contributed by atoms with van der Waals surface area (Å²) in [5.41, 5.74) is 6.43. The molecule has 0 spiro atoms. The van der Waals surface area contributed by atoms with Crippen LogP contribution in [0.25, 0.3) is 0 Å². The standard InChI is InChI=1S/C13H20N4OS/c1-9-11(19-13(14)15-9)12(18)17-7-4-10(8-17)16-5-2-3-6-16/h10H,2-8H2,1H3,(H2,14,15). The highest BCUT2D eigenvalue weighted by Gasteiger charge is 2.33. The number of anilines is 1. The van der Waals surface area contributed by atoms with Crippen molar-refractivity contribution in [3.8, 4) is 0 Å². The summed E-state index contributed by atoms with van der Waals surface area (Å²) in [6.07, 6.45) is 3.70. The van der Waals surface area contributed by atoms with E-state index >= 15 is 0 Å². The van der Waals surface area contributed by atoms with Crippen molar-refractivity contribution < 1.29 is 4.79 Å². The average molecular weight is 280 g/mol. The van der Waals surface area contributed by atoms with Crippen LogP contribution in [-0.4, -0.2) is 52.9 Å². The number of aromatic nitrogens is 1. The molecule has 3 rings (SSSR count). The van der Waals surface area contributed by atoms with Gasteiger partial charge in [0.2, 0.25) is 0 Å². The van der Waals surface area contributed by atoms with Crippen LogP contribution in [0.5, 0.6) is 0 Å². The van der Waals surface area contributed by atoms with Gasteiger partial charge in [-0.05, 0) is 39.3 Å². The third-order valence-corrected chi connectivity index (χ3v) is 5.09. The average Bonchev–Trinajstić information content (AvgIpc) is 3.06. The first-order valence-corrected chi connectivity index (χ1v) is 7.73. The number of carbonyl (C=O) groups is 1. The van der Waals surface area contributed by atoms with Gasteiger partial charge < -0.3 is 10.6 Å². The van der Waals surface area contributed by atoms with E-state index in [9.17, 15) is 4.79 Å². The van der Waals surface area contributed by atoms with E-state index in [1.807, 2.05) is 11.8 Å². The second-order valence-corrected chi connectivity index (χ2v) is 6.43. The normalized spacial score (nSPS) is 24.3. The summed E-state index contributed by atoms with van der Waals surface area (Å²) in [5, 5.41) is 0.483. The summed E-state index contributed by atoms with van der Waals surface area (Å²) < 4.78 is 0. The van der Waals surface area contributed by atoms with Gasteiger partial charge in [-0.15, -0.1) is 0 Å². The SMILES string of the molecule is Cc1nc(N)sc1C(=O)N1CCC(N2CCCC2)C1. The Morgan fingerprint density at radius 3 is 2.74 bits per heavy atom. The van der Waals surface area contributed by atoms with Crippen LogP contribution in [0.3, 0.4) is 0 Å². The number of rotatable bonds is 2. The lowest BCUT2D eigenvalue weighted by atomic mass is 10.2. The van der Waals surface area contributed by atoms with Crippen LogP contribution in [0.1, 0.15) is 34.6 Å². The van der Waals surface area contributed by atoms with Gasteiger partial charge in [0.05, 0.1) is 5.69 Å². The number of hydrogen-bond donors (Lipinski definition) is 1. The summed E-state index contributed by atoms with van der Waals surface area (Å²) in [5.74, 6) is 0.105. The number of thiazole rings is 1. The fraction of sp³-hybridized carbons (Fsp3) is 0.692. The molecule has 0 aliphatic carbocycles. The lowest BCUT2D eigenvalue weighted by Crippen LogP contribution is -2.37. The third kappa shape index (κ3) is 2.47. The molecule has 1 atom stereocenters. The zero-order chi connectivity index (χ0) is 13.4. The first kappa shape index (κ1) is 12.9. The maximum Gasteiger partial charge on any atom is 0.265 e. The lowest BCUT2D eigenvalue weighted by Gasteiger charge is -2.23. The monoisotopic (exact) mass is 280 g/mol. The Labute approximate surface area is 117 Å². The van der Waals surface area contributed by atoms with Crippen molar-refractivity contribution in [2.45, 2.75) is 32.2 Å².